The highest BCUT2D eigenvalue weighted by Crippen LogP contribution is 2.25. The lowest BCUT2D eigenvalue weighted by Crippen LogP contribution is -2.16. The van der Waals surface area contributed by atoms with Crippen LogP contribution in [0.2, 0.25) is 0 Å². The number of hydrogen-bond donors (Lipinski definition) is 0. The lowest BCUT2D eigenvalue weighted by atomic mass is 9.89. The fourth-order valence-corrected chi connectivity index (χ4v) is 2.58. The Kier molecular flexibility index (Phi) is 4.40. The summed E-state index contributed by atoms with van der Waals surface area (Å²) in [5.41, 5.74) is 0. The van der Waals surface area contributed by atoms with E-state index >= 15 is 0 Å². The van der Waals surface area contributed by atoms with Gasteiger partial charge in [0.1, 0.15) is 5.82 Å². The van der Waals surface area contributed by atoms with Crippen LogP contribution in [0, 0.1) is 5.92 Å². The van der Waals surface area contributed by atoms with Crippen LogP contribution in [0.5, 0.6) is 0 Å². The minimum absolute atomic E-state index is 0.766. The molecule has 0 amide bonds. The Hall–Kier alpha value is -0.830. The molecule has 0 unspecified atom stereocenters. The molecule has 0 N–H and O–H groups in total. The molecule has 0 aromatic carbocycles. The number of ether oxygens (including phenoxy) is 1. The molecule has 1 saturated carbocycles. The van der Waals surface area contributed by atoms with E-state index in [2.05, 4.69) is 15.7 Å². The van der Waals surface area contributed by atoms with Crippen molar-refractivity contribution in [1.82, 2.24) is 9.55 Å². The Balaban J connectivity index is 1.89. The van der Waals surface area contributed by atoms with E-state index in [0.717, 1.165) is 25.5 Å². The van der Waals surface area contributed by atoms with Gasteiger partial charge in [-0.2, -0.15) is 0 Å². The first kappa shape index (κ1) is 11.6. The molecule has 90 valence electrons. The van der Waals surface area contributed by atoms with Crippen LogP contribution in [0.1, 0.15) is 37.9 Å². The van der Waals surface area contributed by atoms with Crippen molar-refractivity contribution in [1.29, 1.82) is 0 Å². The van der Waals surface area contributed by atoms with Crippen molar-refractivity contribution >= 4 is 0 Å². The molecule has 0 radical (unpaired) electrons. The summed E-state index contributed by atoms with van der Waals surface area (Å²) in [4.78, 5) is 4.40. The molecule has 0 spiro atoms. The van der Waals surface area contributed by atoms with Crippen LogP contribution < -0.4 is 0 Å². The van der Waals surface area contributed by atoms with Crippen molar-refractivity contribution in [3.8, 4) is 0 Å². The Labute approximate surface area is 97.8 Å². The molecule has 0 bridgehead atoms. The summed E-state index contributed by atoms with van der Waals surface area (Å²) in [5, 5.41) is 0. The van der Waals surface area contributed by atoms with Gasteiger partial charge in [0.15, 0.2) is 0 Å². The molecule has 0 saturated heterocycles. The molecule has 3 heteroatoms. The van der Waals surface area contributed by atoms with Crippen molar-refractivity contribution in [2.75, 3.05) is 13.7 Å². The fraction of sp³-hybridized carbons (Fsp3) is 0.769. The molecular formula is C13H22N2O. The molecule has 0 aliphatic heterocycles. The topological polar surface area (TPSA) is 27.1 Å². The fourth-order valence-electron chi connectivity index (χ4n) is 2.58. The van der Waals surface area contributed by atoms with Crippen LogP contribution in [0.4, 0.5) is 0 Å². The van der Waals surface area contributed by atoms with Crippen molar-refractivity contribution in [3.63, 3.8) is 0 Å². The van der Waals surface area contributed by atoms with Crippen molar-refractivity contribution in [2.45, 2.75) is 45.1 Å². The van der Waals surface area contributed by atoms with Gasteiger partial charge in [-0.05, 0) is 18.8 Å². The Morgan fingerprint density at radius 2 is 2.19 bits per heavy atom. The number of nitrogens with zero attached hydrogens (tertiary/aromatic N) is 2. The zero-order valence-corrected chi connectivity index (χ0v) is 10.2. The van der Waals surface area contributed by atoms with E-state index < -0.39 is 0 Å². The van der Waals surface area contributed by atoms with E-state index in [1.165, 1.54) is 37.9 Å². The third kappa shape index (κ3) is 3.08. The summed E-state index contributed by atoms with van der Waals surface area (Å²) in [5.74, 6) is 2.04. The SMILES string of the molecule is COCCc1nccn1CC1CCCCC1. The van der Waals surface area contributed by atoms with Gasteiger partial charge >= 0.3 is 0 Å². The maximum atomic E-state index is 5.11. The number of imidazole rings is 1. The molecule has 2 rings (SSSR count). The summed E-state index contributed by atoms with van der Waals surface area (Å²) >= 11 is 0. The third-order valence-corrected chi connectivity index (χ3v) is 3.51. The molecule has 1 aliphatic carbocycles. The molecule has 1 aromatic rings. The molecule has 0 atom stereocenters. The first-order valence-electron chi connectivity index (χ1n) is 6.39. The normalized spacial score (nSPS) is 17.8. The van der Waals surface area contributed by atoms with Gasteiger partial charge in [0.25, 0.3) is 0 Å². The minimum atomic E-state index is 0.766. The van der Waals surface area contributed by atoms with E-state index in [9.17, 15) is 0 Å². The molecule has 16 heavy (non-hydrogen) atoms. The molecule has 1 heterocycles. The van der Waals surface area contributed by atoms with Gasteiger partial charge in [0, 0.05) is 32.5 Å². The monoisotopic (exact) mass is 222 g/mol. The van der Waals surface area contributed by atoms with E-state index in [1.807, 2.05) is 6.20 Å². The van der Waals surface area contributed by atoms with E-state index in [4.69, 9.17) is 4.74 Å². The number of aromatic nitrogens is 2. The third-order valence-electron chi connectivity index (χ3n) is 3.51. The molecule has 1 fully saturated rings. The van der Waals surface area contributed by atoms with E-state index in [1.54, 1.807) is 7.11 Å². The lowest BCUT2D eigenvalue weighted by Gasteiger charge is -2.22. The quantitative estimate of drug-likeness (QED) is 0.766. The smallest absolute Gasteiger partial charge is 0.110 e. The Morgan fingerprint density at radius 3 is 2.94 bits per heavy atom. The highest BCUT2D eigenvalue weighted by atomic mass is 16.5. The maximum Gasteiger partial charge on any atom is 0.110 e. The predicted molar refractivity (Wildman–Crippen MR) is 64.4 cm³/mol. The van der Waals surface area contributed by atoms with Gasteiger partial charge in [-0.15, -0.1) is 0 Å². The summed E-state index contributed by atoms with van der Waals surface area (Å²) in [7, 11) is 1.74. The van der Waals surface area contributed by atoms with E-state index in [0.29, 0.717) is 0 Å². The van der Waals surface area contributed by atoms with Gasteiger partial charge in [-0.1, -0.05) is 19.3 Å². The number of hydrogen-bond acceptors (Lipinski definition) is 2. The number of methoxy groups -OCH3 is 1. The molecule has 1 aromatic heterocycles. The zero-order valence-electron chi connectivity index (χ0n) is 10.2. The Morgan fingerprint density at radius 1 is 1.38 bits per heavy atom. The summed E-state index contributed by atoms with van der Waals surface area (Å²) in [6, 6.07) is 0. The summed E-state index contributed by atoms with van der Waals surface area (Å²) in [6.45, 7) is 1.92. The van der Waals surface area contributed by atoms with Gasteiger partial charge in [-0.3, -0.25) is 0 Å². The predicted octanol–water partition coefficient (Wildman–Crippen LogP) is 2.65. The van der Waals surface area contributed by atoms with Crippen LogP contribution in [0.3, 0.4) is 0 Å². The van der Waals surface area contributed by atoms with Crippen LogP contribution in [-0.2, 0) is 17.7 Å². The first-order chi connectivity index (χ1) is 7.90. The van der Waals surface area contributed by atoms with Gasteiger partial charge in [0.2, 0.25) is 0 Å². The van der Waals surface area contributed by atoms with Crippen LogP contribution in [0.25, 0.3) is 0 Å². The Bertz CT molecular complexity index is 303. The van der Waals surface area contributed by atoms with Crippen LogP contribution in [0.15, 0.2) is 12.4 Å². The summed E-state index contributed by atoms with van der Waals surface area (Å²) < 4.78 is 7.42. The van der Waals surface area contributed by atoms with Gasteiger partial charge < -0.3 is 9.30 Å². The van der Waals surface area contributed by atoms with Crippen molar-refractivity contribution in [3.05, 3.63) is 18.2 Å². The van der Waals surface area contributed by atoms with Crippen molar-refractivity contribution < 1.29 is 4.74 Å². The largest absolute Gasteiger partial charge is 0.384 e. The molecular weight excluding hydrogens is 200 g/mol. The highest BCUT2D eigenvalue weighted by Gasteiger charge is 2.15. The van der Waals surface area contributed by atoms with Crippen molar-refractivity contribution in [2.24, 2.45) is 5.92 Å². The van der Waals surface area contributed by atoms with Gasteiger partial charge in [0.05, 0.1) is 6.61 Å². The van der Waals surface area contributed by atoms with Gasteiger partial charge in [-0.25, -0.2) is 4.98 Å². The zero-order chi connectivity index (χ0) is 11.2. The second-order valence-corrected chi connectivity index (χ2v) is 4.74. The average molecular weight is 222 g/mol. The van der Waals surface area contributed by atoms with E-state index in [-0.39, 0.29) is 0 Å². The highest BCUT2D eigenvalue weighted by molar-refractivity contribution is 4.93. The second kappa shape index (κ2) is 6.04. The first-order valence-corrected chi connectivity index (χ1v) is 6.39. The summed E-state index contributed by atoms with van der Waals surface area (Å²) in [6.07, 6.45) is 12.0. The molecule has 1 aliphatic rings. The van der Waals surface area contributed by atoms with Crippen LogP contribution >= 0.6 is 0 Å². The standard InChI is InChI=1S/C13H22N2O/c1-16-10-7-13-14-8-9-15(13)11-12-5-3-2-4-6-12/h8-9,12H,2-7,10-11H2,1H3. The maximum absolute atomic E-state index is 5.11. The minimum Gasteiger partial charge on any atom is -0.384 e. The molecule has 3 nitrogen and oxygen atoms in total. The lowest BCUT2D eigenvalue weighted by molar-refractivity contribution is 0.198. The second-order valence-electron chi connectivity index (χ2n) is 4.74. The van der Waals surface area contributed by atoms with Crippen LogP contribution in [-0.4, -0.2) is 23.3 Å². The average Bonchev–Trinajstić information content (AvgIpc) is 2.75. The number of rotatable bonds is 5.